The first-order valence-electron chi connectivity index (χ1n) is 10.2. The molecular formula is C24H15BrFN3O4S2. The van der Waals surface area contributed by atoms with Crippen LogP contribution < -0.4 is 4.90 Å². The maximum absolute atomic E-state index is 13.2. The normalized spacial score (nSPS) is 15.8. The summed E-state index contributed by atoms with van der Waals surface area (Å²) >= 11 is 5.94. The maximum atomic E-state index is 13.2. The van der Waals surface area contributed by atoms with E-state index in [1.807, 2.05) is 0 Å². The third-order valence-electron chi connectivity index (χ3n) is 5.26. The number of nitrogens with zero attached hydrogens (tertiary/aromatic N) is 3. The Morgan fingerprint density at radius 3 is 2.57 bits per heavy atom. The predicted octanol–water partition coefficient (Wildman–Crippen LogP) is 6.11. The van der Waals surface area contributed by atoms with Gasteiger partial charge in [-0.05, 0) is 47.5 Å². The topological polar surface area (TPSA) is 96.5 Å². The molecule has 0 saturated heterocycles. The van der Waals surface area contributed by atoms with Gasteiger partial charge in [0.2, 0.25) is 10.9 Å². The van der Waals surface area contributed by atoms with E-state index in [1.165, 1.54) is 41.1 Å². The van der Waals surface area contributed by atoms with Gasteiger partial charge >= 0.3 is 0 Å². The molecule has 0 radical (unpaired) electrons. The summed E-state index contributed by atoms with van der Waals surface area (Å²) in [5, 5.41) is 19.3. The Labute approximate surface area is 215 Å². The van der Waals surface area contributed by atoms with Crippen molar-refractivity contribution in [1.29, 1.82) is 0 Å². The molecular weight excluding hydrogens is 557 g/mol. The monoisotopic (exact) mass is 571 g/mol. The number of amides is 1. The number of ketones is 1. The van der Waals surface area contributed by atoms with Gasteiger partial charge in [-0.15, -0.1) is 10.2 Å². The first-order chi connectivity index (χ1) is 16.9. The van der Waals surface area contributed by atoms with Crippen molar-refractivity contribution in [2.24, 2.45) is 0 Å². The Hall–Kier alpha value is -3.28. The maximum Gasteiger partial charge on any atom is 0.296 e. The van der Waals surface area contributed by atoms with E-state index in [2.05, 4.69) is 26.1 Å². The van der Waals surface area contributed by atoms with Gasteiger partial charge in [0.05, 0.1) is 17.9 Å². The number of thioether (sulfide) groups is 1. The van der Waals surface area contributed by atoms with Crippen LogP contribution in [0.1, 0.15) is 27.7 Å². The standard InChI is InChI=1S/C24H15BrFN3O4S2/c25-15-7-5-14(6-8-15)19-18(20(30)17-2-1-11-33-17)21(31)22(32)29(19)23-27-28-24(35-23)34-12-13-3-9-16(26)10-4-13/h1-11,19,31H,12H2. The molecule has 0 bridgehead atoms. The van der Waals surface area contributed by atoms with Crippen molar-refractivity contribution in [1.82, 2.24) is 10.2 Å². The lowest BCUT2D eigenvalue weighted by molar-refractivity contribution is -0.117. The van der Waals surface area contributed by atoms with E-state index in [-0.39, 0.29) is 22.3 Å². The van der Waals surface area contributed by atoms with Crippen molar-refractivity contribution in [2.75, 3.05) is 4.90 Å². The predicted molar refractivity (Wildman–Crippen MR) is 133 cm³/mol. The third-order valence-corrected chi connectivity index (χ3v) is 7.92. The van der Waals surface area contributed by atoms with Crippen molar-refractivity contribution in [3.63, 3.8) is 0 Å². The quantitative estimate of drug-likeness (QED) is 0.162. The molecule has 5 rings (SSSR count). The lowest BCUT2D eigenvalue weighted by atomic mass is 9.95. The fraction of sp³-hybridized carbons (Fsp3) is 0.0833. The average Bonchev–Trinajstić information content (AvgIpc) is 3.60. The summed E-state index contributed by atoms with van der Waals surface area (Å²) in [4.78, 5) is 27.7. The van der Waals surface area contributed by atoms with E-state index in [1.54, 1.807) is 42.5 Å². The minimum atomic E-state index is -0.920. The Balaban J connectivity index is 1.48. The number of carbonyl (C=O) groups is 2. The minimum absolute atomic E-state index is 0.0103. The zero-order valence-electron chi connectivity index (χ0n) is 17.7. The molecule has 176 valence electrons. The summed E-state index contributed by atoms with van der Waals surface area (Å²) in [7, 11) is 0. The zero-order valence-corrected chi connectivity index (χ0v) is 20.9. The zero-order chi connectivity index (χ0) is 24.5. The summed E-state index contributed by atoms with van der Waals surface area (Å²) in [5.41, 5.74) is 1.42. The van der Waals surface area contributed by atoms with E-state index in [4.69, 9.17) is 4.42 Å². The first kappa shape index (κ1) is 23.5. The average molecular weight is 572 g/mol. The molecule has 1 unspecified atom stereocenters. The van der Waals surface area contributed by atoms with Gasteiger partial charge in [0, 0.05) is 10.2 Å². The Morgan fingerprint density at radius 2 is 1.89 bits per heavy atom. The molecule has 1 aliphatic rings. The summed E-state index contributed by atoms with van der Waals surface area (Å²) in [6.45, 7) is 0. The number of halogens is 2. The Bertz CT molecular complexity index is 1420. The van der Waals surface area contributed by atoms with Gasteiger partial charge in [0.1, 0.15) is 5.82 Å². The van der Waals surface area contributed by atoms with E-state index in [9.17, 15) is 19.1 Å². The van der Waals surface area contributed by atoms with Gasteiger partial charge < -0.3 is 9.52 Å². The molecule has 11 heteroatoms. The number of aliphatic hydroxyl groups excluding tert-OH is 1. The molecule has 1 aliphatic heterocycles. The number of carbonyl (C=O) groups excluding carboxylic acids is 2. The van der Waals surface area contributed by atoms with Crippen molar-refractivity contribution in [2.45, 2.75) is 16.1 Å². The molecule has 0 spiro atoms. The van der Waals surface area contributed by atoms with Crippen molar-refractivity contribution >= 4 is 55.9 Å². The summed E-state index contributed by atoms with van der Waals surface area (Å²) in [5.74, 6) is -1.77. The number of rotatable bonds is 7. The highest BCUT2D eigenvalue weighted by Gasteiger charge is 2.46. The second-order valence-corrected chi connectivity index (χ2v) is 10.6. The van der Waals surface area contributed by atoms with Gasteiger partial charge in [-0.2, -0.15) is 0 Å². The second-order valence-electron chi connectivity index (χ2n) is 7.46. The number of benzene rings is 2. The lowest BCUT2D eigenvalue weighted by Gasteiger charge is -2.23. The molecule has 0 fully saturated rings. The van der Waals surface area contributed by atoms with E-state index < -0.39 is 23.5 Å². The van der Waals surface area contributed by atoms with Crippen LogP contribution in [-0.2, 0) is 10.5 Å². The number of furan rings is 1. The number of aliphatic hydroxyl groups is 1. The number of anilines is 1. The fourth-order valence-corrected chi connectivity index (χ4v) is 5.71. The van der Waals surface area contributed by atoms with E-state index >= 15 is 0 Å². The summed E-state index contributed by atoms with van der Waals surface area (Å²) in [6, 6.07) is 15.3. The van der Waals surface area contributed by atoms with E-state index in [0.29, 0.717) is 15.7 Å². The van der Waals surface area contributed by atoms with Crippen LogP contribution in [0, 0.1) is 5.82 Å². The van der Waals surface area contributed by atoms with Crippen LogP contribution in [0.15, 0.2) is 91.5 Å². The molecule has 35 heavy (non-hydrogen) atoms. The highest BCUT2D eigenvalue weighted by atomic mass is 79.9. The van der Waals surface area contributed by atoms with E-state index in [0.717, 1.165) is 21.4 Å². The molecule has 1 N–H and O–H groups in total. The van der Waals surface area contributed by atoms with Crippen LogP contribution >= 0.6 is 39.0 Å². The molecule has 4 aromatic rings. The fourth-order valence-electron chi connectivity index (χ4n) is 3.62. The van der Waals surface area contributed by atoms with Crippen LogP contribution in [0.2, 0.25) is 0 Å². The second kappa shape index (κ2) is 9.76. The van der Waals surface area contributed by atoms with Crippen molar-refractivity contribution in [3.05, 3.63) is 105 Å². The van der Waals surface area contributed by atoms with Crippen LogP contribution in [0.25, 0.3) is 0 Å². The molecule has 2 aromatic carbocycles. The number of hydrogen-bond acceptors (Lipinski definition) is 8. The minimum Gasteiger partial charge on any atom is -0.503 e. The Kier molecular flexibility index (Phi) is 6.54. The van der Waals surface area contributed by atoms with Crippen LogP contribution in [0.4, 0.5) is 9.52 Å². The van der Waals surface area contributed by atoms with Gasteiger partial charge in [0.15, 0.2) is 15.9 Å². The molecule has 2 aromatic heterocycles. The van der Waals surface area contributed by atoms with Gasteiger partial charge in [-0.1, -0.05) is 63.3 Å². The third kappa shape index (κ3) is 4.66. The molecule has 0 saturated carbocycles. The van der Waals surface area contributed by atoms with Crippen LogP contribution in [0.3, 0.4) is 0 Å². The van der Waals surface area contributed by atoms with Gasteiger partial charge in [-0.25, -0.2) is 4.39 Å². The highest BCUT2D eigenvalue weighted by Crippen LogP contribution is 2.44. The molecule has 1 atom stereocenters. The van der Waals surface area contributed by atoms with Crippen molar-refractivity contribution in [3.8, 4) is 0 Å². The first-order valence-corrected chi connectivity index (χ1v) is 12.8. The summed E-state index contributed by atoms with van der Waals surface area (Å²) in [6.07, 6.45) is 1.35. The van der Waals surface area contributed by atoms with Crippen molar-refractivity contribution < 1.29 is 23.5 Å². The van der Waals surface area contributed by atoms with Gasteiger partial charge in [0.25, 0.3) is 5.91 Å². The van der Waals surface area contributed by atoms with Crippen LogP contribution in [-0.4, -0.2) is 27.0 Å². The largest absolute Gasteiger partial charge is 0.503 e. The lowest BCUT2D eigenvalue weighted by Crippen LogP contribution is -2.31. The molecule has 0 aliphatic carbocycles. The van der Waals surface area contributed by atoms with Gasteiger partial charge in [-0.3, -0.25) is 14.5 Å². The number of hydrogen-bond donors (Lipinski definition) is 1. The molecule has 3 heterocycles. The SMILES string of the molecule is O=C(C1=C(O)C(=O)N(c2nnc(SCc3ccc(F)cc3)s2)C1c1ccc(Br)cc1)c1ccco1. The number of aromatic nitrogens is 2. The summed E-state index contributed by atoms with van der Waals surface area (Å²) < 4.78 is 19.8. The smallest absolute Gasteiger partial charge is 0.296 e. The van der Waals surface area contributed by atoms with Crippen LogP contribution in [0.5, 0.6) is 0 Å². The Morgan fingerprint density at radius 1 is 1.14 bits per heavy atom. The number of Topliss-reactive ketones (excluding diaryl/α,β-unsaturated/α-hetero) is 1. The molecule has 7 nitrogen and oxygen atoms in total. The highest BCUT2D eigenvalue weighted by molar-refractivity contribution is 9.10. The molecule has 1 amide bonds.